The maximum absolute atomic E-state index is 12.1. The SMILES string of the molecule is O=C1Cc2ccc(C(=O)NCc3ccc(Cl)s3)cc2N1. The molecular weight excluding hydrogens is 296 g/mol. The summed E-state index contributed by atoms with van der Waals surface area (Å²) in [6.07, 6.45) is 0.380. The molecule has 1 aromatic heterocycles. The molecule has 1 aliphatic heterocycles. The van der Waals surface area contributed by atoms with E-state index in [2.05, 4.69) is 10.6 Å². The Bertz CT molecular complexity index is 696. The van der Waals surface area contributed by atoms with Gasteiger partial charge < -0.3 is 10.6 Å². The van der Waals surface area contributed by atoms with Gasteiger partial charge in [0.25, 0.3) is 5.91 Å². The van der Waals surface area contributed by atoms with Crippen molar-refractivity contribution in [3.05, 3.63) is 50.7 Å². The summed E-state index contributed by atoms with van der Waals surface area (Å²) in [6, 6.07) is 8.94. The molecule has 2 heterocycles. The number of hydrogen-bond donors (Lipinski definition) is 2. The van der Waals surface area contributed by atoms with Crippen molar-refractivity contribution in [2.45, 2.75) is 13.0 Å². The third kappa shape index (κ3) is 2.69. The number of benzene rings is 1. The van der Waals surface area contributed by atoms with Gasteiger partial charge in [0.15, 0.2) is 0 Å². The van der Waals surface area contributed by atoms with E-state index in [4.69, 9.17) is 11.6 Å². The van der Waals surface area contributed by atoms with E-state index < -0.39 is 0 Å². The number of fused-ring (bicyclic) bond motifs is 1. The molecule has 102 valence electrons. The van der Waals surface area contributed by atoms with Gasteiger partial charge in [0.1, 0.15) is 0 Å². The summed E-state index contributed by atoms with van der Waals surface area (Å²) >= 11 is 7.27. The van der Waals surface area contributed by atoms with Crippen molar-refractivity contribution in [1.29, 1.82) is 0 Å². The van der Waals surface area contributed by atoms with Crippen molar-refractivity contribution in [1.82, 2.24) is 5.32 Å². The Labute approximate surface area is 124 Å². The number of hydrogen-bond acceptors (Lipinski definition) is 3. The second kappa shape index (κ2) is 5.26. The summed E-state index contributed by atoms with van der Waals surface area (Å²) in [5.74, 6) is -0.204. The summed E-state index contributed by atoms with van der Waals surface area (Å²) in [6.45, 7) is 0.444. The lowest BCUT2D eigenvalue weighted by Gasteiger charge is -2.05. The van der Waals surface area contributed by atoms with E-state index in [1.165, 1.54) is 11.3 Å². The Kier molecular flexibility index (Phi) is 3.46. The molecule has 0 bridgehead atoms. The maximum Gasteiger partial charge on any atom is 0.251 e. The van der Waals surface area contributed by atoms with Gasteiger partial charge in [-0.15, -0.1) is 11.3 Å². The number of amides is 2. The van der Waals surface area contributed by atoms with E-state index >= 15 is 0 Å². The zero-order valence-corrected chi connectivity index (χ0v) is 12.0. The van der Waals surface area contributed by atoms with E-state index in [1.807, 2.05) is 12.1 Å². The first-order valence-electron chi connectivity index (χ1n) is 6.07. The number of halogens is 1. The predicted octanol–water partition coefficient (Wildman–Crippen LogP) is 2.83. The Morgan fingerprint density at radius 2 is 2.20 bits per heavy atom. The molecule has 0 fully saturated rings. The Balaban J connectivity index is 1.69. The van der Waals surface area contributed by atoms with Gasteiger partial charge in [0.05, 0.1) is 17.3 Å². The van der Waals surface area contributed by atoms with Crippen LogP contribution in [-0.4, -0.2) is 11.8 Å². The van der Waals surface area contributed by atoms with Crippen molar-refractivity contribution in [2.75, 3.05) is 5.32 Å². The molecule has 6 heteroatoms. The molecule has 0 atom stereocenters. The number of nitrogens with one attached hydrogen (secondary N) is 2. The molecule has 0 spiro atoms. The normalized spacial score (nSPS) is 12.9. The highest BCUT2D eigenvalue weighted by Gasteiger charge is 2.18. The molecule has 0 aliphatic carbocycles. The van der Waals surface area contributed by atoms with Gasteiger partial charge in [0.2, 0.25) is 5.91 Å². The second-order valence-electron chi connectivity index (χ2n) is 4.49. The maximum atomic E-state index is 12.1. The Hall–Kier alpha value is -1.85. The number of carbonyl (C=O) groups is 2. The fourth-order valence-corrected chi connectivity index (χ4v) is 3.10. The van der Waals surface area contributed by atoms with Crippen molar-refractivity contribution >= 4 is 40.4 Å². The monoisotopic (exact) mass is 306 g/mol. The number of rotatable bonds is 3. The molecule has 1 aromatic carbocycles. The molecule has 2 N–H and O–H groups in total. The summed E-state index contributed by atoms with van der Waals surface area (Å²) < 4.78 is 0.703. The molecule has 0 saturated heterocycles. The Morgan fingerprint density at radius 3 is 2.95 bits per heavy atom. The van der Waals surface area contributed by atoms with Gasteiger partial charge in [-0.25, -0.2) is 0 Å². The minimum Gasteiger partial charge on any atom is -0.347 e. The van der Waals surface area contributed by atoms with Crippen molar-refractivity contribution in [3.63, 3.8) is 0 Å². The van der Waals surface area contributed by atoms with Crippen LogP contribution in [0, 0.1) is 0 Å². The molecule has 20 heavy (non-hydrogen) atoms. The van der Waals surface area contributed by atoms with Crippen LogP contribution in [0.2, 0.25) is 4.34 Å². The number of carbonyl (C=O) groups excluding carboxylic acids is 2. The van der Waals surface area contributed by atoms with Gasteiger partial charge in [-0.05, 0) is 29.8 Å². The fourth-order valence-electron chi connectivity index (χ4n) is 2.07. The van der Waals surface area contributed by atoms with E-state index in [1.54, 1.807) is 18.2 Å². The highest BCUT2D eigenvalue weighted by Crippen LogP contribution is 2.24. The lowest BCUT2D eigenvalue weighted by Crippen LogP contribution is -2.22. The van der Waals surface area contributed by atoms with Crippen LogP contribution in [0.5, 0.6) is 0 Å². The quantitative estimate of drug-likeness (QED) is 0.916. The molecule has 0 saturated carbocycles. The van der Waals surface area contributed by atoms with E-state index in [0.717, 1.165) is 16.1 Å². The number of thiophene rings is 1. The van der Waals surface area contributed by atoms with Crippen LogP contribution in [0.1, 0.15) is 20.8 Å². The smallest absolute Gasteiger partial charge is 0.251 e. The van der Waals surface area contributed by atoms with Crippen LogP contribution in [0.4, 0.5) is 5.69 Å². The summed E-state index contributed by atoms with van der Waals surface area (Å²) in [5.41, 5.74) is 2.19. The number of anilines is 1. The average molecular weight is 307 g/mol. The van der Waals surface area contributed by atoms with Crippen molar-refractivity contribution in [2.24, 2.45) is 0 Å². The van der Waals surface area contributed by atoms with Crippen LogP contribution < -0.4 is 10.6 Å². The molecule has 2 amide bonds. The van der Waals surface area contributed by atoms with Gasteiger partial charge in [-0.1, -0.05) is 17.7 Å². The molecule has 2 aromatic rings. The molecule has 4 nitrogen and oxygen atoms in total. The fraction of sp³-hybridized carbons (Fsp3) is 0.143. The molecular formula is C14H11ClN2O2S. The standard InChI is InChI=1S/C14H11ClN2O2S/c15-12-4-3-10(20-12)7-16-14(19)9-2-1-8-6-13(18)17-11(8)5-9/h1-5H,6-7H2,(H,16,19)(H,17,18). The molecule has 0 unspecified atom stereocenters. The predicted molar refractivity (Wildman–Crippen MR) is 79.3 cm³/mol. The lowest BCUT2D eigenvalue weighted by atomic mass is 10.1. The third-order valence-corrected chi connectivity index (χ3v) is 4.28. The summed E-state index contributed by atoms with van der Waals surface area (Å²) in [4.78, 5) is 24.3. The van der Waals surface area contributed by atoms with Gasteiger partial charge in [-0.3, -0.25) is 9.59 Å². The van der Waals surface area contributed by atoms with E-state index in [9.17, 15) is 9.59 Å². The first-order chi connectivity index (χ1) is 9.61. The third-order valence-electron chi connectivity index (χ3n) is 3.05. The van der Waals surface area contributed by atoms with Crippen LogP contribution in [0.15, 0.2) is 30.3 Å². The lowest BCUT2D eigenvalue weighted by molar-refractivity contribution is -0.115. The van der Waals surface area contributed by atoms with Crippen LogP contribution in [0.25, 0.3) is 0 Å². The Morgan fingerprint density at radius 1 is 1.35 bits per heavy atom. The highest BCUT2D eigenvalue weighted by molar-refractivity contribution is 7.16. The summed E-state index contributed by atoms with van der Waals surface area (Å²) in [7, 11) is 0. The summed E-state index contributed by atoms with van der Waals surface area (Å²) in [5, 5.41) is 5.57. The van der Waals surface area contributed by atoms with Crippen LogP contribution in [0.3, 0.4) is 0 Å². The molecule has 3 rings (SSSR count). The zero-order valence-electron chi connectivity index (χ0n) is 10.4. The zero-order chi connectivity index (χ0) is 14.1. The van der Waals surface area contributed by atoms with Gasteiger partial charge in [-0.2, -0.15) is 0 Å². The first-order valence-corrected chi connectivity index (χ1v) is 7.26. The van der Waals surface area contributed by atoms with E-state index in [-0.39, 0.29) is 11.8 Å². The van der Waals surface area contributed by atoms with Gasteiger partial charge >= 0.3 is 0 Å². The molecule has 1 aliphatic rings. The minimum atomic E-state index is -0.168. The topological polar surface area (TPSA) is 58.2 Å². The van der Waals surface area contributed by atoms with Crippen molar-refractivity contribution in [3.8, 4) is 0 Å². The van der Waals surface area contributed by atoms with Crippen LogP contribution >= 0.6 is 22.9 Å². The van der Waals surface area contributed by atoms with Crippen molar-refractivity contribution < 1.29 is 9.59 Å². The first kappa shape index (κ1) is 13.1. The van der Waals surface area contributed by atoms with Crippen LogP contribution in [-0.2, 0) is 17.8 Å². The average Bonchev–Trinajstić information content (AvgIpc) is 2.99. The highest BCUT2D eigenvalue weighted by atomic mass is 35.5. The largest absolute Gasteiger partial charge is 0.347 e. The van der Waals surface area contributed by atoms with Gasteiger partial charge in [0, 0.05) is 16.1 Å². The van der Waals surface area contributed by atoms with E-state index in [0.29, 0.717) is 22.9 Å². The molecule has 0 radical (unpaired) electrons. The minimum absolute atomic E-state index is 0.0363. The second-order valence-corrected chi connectivity index (χ2v) is 6.29.